The van der Waals surface area contributed by atoms with E-state index >= 15 is 0 Å². The number of quaternary nitrogens is 1. The first-order valence-electron chi connectivity index (χ1n) is 11.2. The number of hydrogen-bond donors (Lipinski definition) is 1. The predicted molar refractivity (Wildman–Crippen MR) is 115 cm³/mol. The van der Waals surface area contributed by atoms with Crippen LogP contribution in [-0.2, 0) is 14.3 Å². The van der Waals surface area contributed by atoms with Gasteiger partial charge < -0.3 is 34.1 Å². The lowest BCUT2D eigenvalue weighted by molar-refractivity contribution is -0.901. The molecule has 8 heteroatoms. The van der Waals surface area contributed by atoms with Crippen molar-refractivity contribution in [2.75, 3.05) is 71.5 Å². The topological polar surface area (TPSA) is 86.6 Å². The minimum absolute atomic E-state index is 0.0165. The van der Waals surface area contributed by atoms with Crippen molar-refractivity contribution in [2.24, 2.45) is 11.8 Å². The van der Waals surface area contributed by atoms with E-state index in [-0.39, 0.29) is 30.8 Å². The third kappa shape index (κ3) is 6.33. The van der Waals surface area contributed by atoms with Gasteiger partial charge in [0, 0.05) is 32.6 Å². The fourth-order valence-corrected chi connectivity index (χ4v) is 4.93. The zero-order valence-corrected chi connectivity index (χ0v) is 18.7. The van der Waals surface area contributed by atoms with Crippen LogP contribution in [0.15, 0.2) is 24.3 Å². The van der Waals surface area contributed by atoms with E-state index in [4.69, 9.17) is 9.47 Å². The number of likely N-dealkylation sites (tertiary alicyclic amines) is 1. The van der Waals surface area contributed by atoms with Gasteiger partial charge in [-0.15, -0.1) is 0 Å². The highest BCUT2D eigenvalue weighted by molar-refractivity contribution is 5.77. The SMILES string of the molecule is COCC(=O)N1CC[C@@H](CC(=O)[O-])[C@@H](CC[NH+]2CCN(c3ccccc3OC)CC2)C1. The minimum atomic E-state index is -0.996. The molecule has 2 atom stereocenters. The predicted octanol–water partition coefficient (Wildman–Crippen LogP) is -0.959. The van der Waals surface area contributed by atoms with E-state index in [0.29, 0.717) is 19.5 Å². The highest BCUT2D eigenvalue weighted by Gasteiger charge is 2.32. The van der Waals surface area contributed by atoms with Crippen molar-refractivity contribution in [1.82, 2.24) is 4.90 Å². The van der Waals surface area contributed by atoms with Crippen molar-refractivity contribution in [1.29, 1.82) is 0 Å². The zero-order valence-electron chi connectivity index (χ0n) is 18.7. The first-order chi connectivity index (χ1) is 15.0. The van der Waals surface area contributed by atoms with E-state index in [9.17, 15) is 14.7 Å². The van der Waals surface area contributed by atoms with E-state index < -0.39 is 5.97 Å². The molecule has 0 spiro atoms. The standard InChI is InChI=1S/C23H35N3O5/c1-30-17-22(27)26-10-8-18(15-23(28)29)19(16-26)7-9-24-11-13-25(14-12-24)20-5-3-4-6-21(20)31-2/h3-6,18-19H,7-17H2,1-2H3,(H,28,29)/t18-,19-/m0/s1. The Morgan fingerprint density at radius 2 is 1.87 bits per heavy atom. The van der Waals surface area contributed by atoms with Crippen LogP contribution in [0.3, 0.4) is 0 Å². The number of aliphatic carboxylic acids is 1. The fraction of sp³-hybridized carbons (Fsp3) is 0.652. The Bertz CT molecular complexity index is 736. The molecule has 1 aromatic rings. The van der Waals surface area contributed by atoms with Crippen LogP contribution in [0.1, 0.15) is 19.3 Å². The summed E-state index contributed by atoms with van der Waals surface area (Å²) in [4.78, 5) is 29.2. The summed E-state index contributed by atoms with van der Waals surface area (Å²) < 4.78 is 10.5. The number of carboxylic acid groups (broad SMARTS) is 1. The molecule has 0 bridgehead atoms. The van der Waals surface area contributed by atoms with Crippen molar-refractivity contribution in [3.05, 3.63) is 24.3 Å². The third-order valence-corrected chi connectivity index (χ3v) is 6.71. The number of nitrogens with zero attached hydrogens (tertiary/aromatic N) is 2. The molecule has 0 aromatic heterocycles. The number of piperazine rings is 1. The van der Waals surface area contributed by atoms with Gasteiger partial charge in [-0.1, -0.05) is 12.1 Å². The molecular weight excluding hydrogens is 398 g/mol. The second-order valence-electron chi connectivity index (χ2n) is 8.61. The van der Waals surface area contributed by atoms with E-state index in [2.05, 4.69) is 11.0 Å². The number of anilines is 1. The largest absolute Gasteiger partial charge is 0.550 e. The van der Waals surface area contributed by atoms with Crippen LogP contribution >= 0.6 is 0 Å². The number of carbonyl (C=O) groups is 2. The van der Waals surface area contributed by atoms with Gasteiger partial charge in [0.05, 0.1) is 45.5 Å². The summed E-state index contributed by atoms with van der Waals surface area (Å²) in [6.45, 7) is 6.25. The Kier molecular flexibility index (Phi) is 8.54. The molecule has 31 heavy (non-hydrogen) atoms. The summed E-state index contributed by atoms with van der Waals surface area (Å²) in [5, 5.41) is 11.2. The summed E-state index contributed by atoms with van der Waals surface area (Å²) in [5.41, 5.74) is 1.14. The lowest BCUT2D eigenvalue weighted by atomic mass is 9.81. The second kappa shape index (κ2) is 11.3. The number of nitrogens with one attached hydrogen (secondary N) is 1. The Hall–Kier alpha value is -2.32. The fourth-order valence-electron chi connectivity index (χ4n) is 4.93. The summed E-state index contributed by atoms with van der Waals surface area (Å²) in [6.07, 6.45) is 1.71. The number of carbonyl (C=O) groups excluding carboxylic acids is 2. The van der Waals surface area contributed by atoms with Gasteiger partial charge in [-0.3, -0.25) is 4.79 Å². The Morgan fingerprint density at radius 3 is 2.55 bits per heavy atom. The number of carboxylic acids is 1. The number of ether oxygens (including phenoxy) is 2. The zero-order chi connectivity index (χ0) is 22.2. The lowest BCUT2D eigenvalue weighted by Crippen LogP contribution is -3.15. The summed E-state index contributed by atoms with van der Waals surface area (Å²) in [7, 11) is 3.22. The first kappa shape index (κ1) is 23.3. The van der Waals surface area contributed by atoms with Crippen molar-refractivity contribution in [3.8, 4) is 5.75 Å². The van der Waals surface area contributed by atoms with Gasteiger partial charge in [0.25, 0.3) is 0 Å². The molecule has 2 saturated heterocycles. The van der Waals surface area contributed by atoms with Crippen LogP contribution in [0.2, 0.25) is 0 Å². The molecule has 0 unspecified atom stereocenters. The number of amides is 1. The lowest BCUT2D eigenvalue weighted by Gasteiger charge is -2.40. The third-order valence-electron chi connectivity index (χ3n) is 6.71. The van der Waals surface area contributed by atoms with Crippen molar-refractivity contribution in [3.63, 3.8) is 0 Å². The van der Waals surface area contributed by atoms with Gasteiger partial charge in [0.15, 0.2) is 0 Å². The van der Waals surface area contributed by atoms with Crippen LogP contribution in [0.5, 0.6) is 5.75 Å². The van der Waals surface area contributed by atoms with Crippen LogP contribution in [0, 0.1) is 11.8 Å². The number of para-hydroxylation sites is 2. The first-order valence-corrected chi connectivity index (χ1v) is 11.2. The van der Waals surface area contributed by atoms with Gasteiger partial charge in [0.1, 0.15) is 12.4 Å². The molecule has 2 fully saturated rings. The second-order valence-corrected chi connectivity index (χ2v) is 8.61. The number of rotatable bonds is 9. The molecule has 1 N–H and O–H groups in total. The summed E-state index contributed by atoms with van der Waals surface area (Å²) >= 11 is 0. The van der Waals surface area contributed by atoms with Crippen LogP contribution in [0.4, 0.5) is 5.69 Å². The summed E-state index contributed by atoms with van der Waals surface area (Å²) in [5.74, 6) is 0.152. The molecule has 3 rings (SSSR count). The molecule has 0 aliphatic carbocycles. The van der Waals surface area contributed by atoms with E-state index in [0.717, 1.165) is 50.6 Å². The number of benzene rings is 1. The van der Waals surface area contributed by atoms with E-state index in [1.54, 1.807) is 7.11 Å². The summed E-state index contributed by atoms with van der Waals surface area (Å²) in [6, 6.07) is 8.11. The highest BCUT2D eigenvalue weighted by atomic mass is 16.5. The Labute approximate surface area is 184 Å². The molecule has 172 valence electrons. The molecule has 1 amide bonds. The molecule has 2 aliphatic rings. The molecule has 2 heterocycles. The highest BCUT2D eigenvalue weighted by Crippen LogP contribution is 2.29. The molecular formula is C23H35N3O5. The van der Waals surface area contributed by atoms with Crippen molar-refractivity contribution in [2.45, 2.75) is 19.3 Å². The number of piperidine rings is 1. The maximum atomic E-state index is 12.3. The van der Waals surface area contributed by atoms with Crippen molar-refractivity contribution >= 4 is 17.6 Å². The number of hydrogen-bond acceptors (Lipinski definition) is 6. The molecule has 0 radical (unpaired) electrons. The van der Waals surface area contributed by atoms with Crippen LogP contribution in [-0.4, -0.2) is 83.4 Å². The van der Waals surface area contributed by atoms with Gasteiger partial charge in [-0.2, -0.15) is 0 Å². The number of methoxy groups -OCH3 is 2. The van der Waals surface area contributed by atoms with Gasteiger partial charge in [0.2, 0.25) is 5.91 Å². The monoisotopic (exact) mass is 433 g/mol. The Morgan fingerprint density at radius 1 is 1.13 bits per heavy atom. The van der Waals surface area contributed by atoms with Gasteiger partial charge in [-0.05, 0) is 36.8 Å². The smallest absolute Gasteiger partial charge is 0.248 e. The van der Waals surface area contributed by atoms with Gasteiger partial charge in [-0.25, -0.2) is 0 Å². The van der Waals surface area contributed by atoms with Gasteiger partial charge >= 0.3 is 0 Å². The van der Waals surface area contributed by atoms with Crippen molar-refractivity contribution < 1.29 is 29.1 Å². The normalized spacial score (nSPS) is 22.4. The van der Waals surface area contributed by atoms with Crippen LogP contribution in [0.25, 0.3) is 0 Å². The molecule has 1 aromatic carbocycles. The quantitative estimate of drug-likeness (QED) is 0.540. The maximum absolute atomic E-state index is 12.3. The molecule has 2 aliphatic heterocycles. The minimum Gasteiger partial charge on any atom is -0.550 e. The van der Waals surface area contributed by atoms with E-state index in [1.807, 2.05) is 23.1 Å². The molecule has 0 saturated carbocycles. The van der Waals surface area contributed by atoms with E-state index in [1.165, 1.54) is 12.0 Å². The molecule has 8 nitrogen and oxygen atoms in total. The Balaban J connectivity index is 1.53. The van der Waals surface area contributed by atoms with Crippen LogP contribution < -0.4 is 19.6 Å². The average molecular weight is 434 g/mol. The maximum Gasteiger partial charge on any atom is 0.248 e. The average Bonchev–Trinajstić information content (AvgIpc) is 2.78.